The minimum Gasteiger partial charge on any atom is -0.467 e. The Balaban J connectivity index is 1.34. The van der Waals surface area contributed by atoms with E-state index in [1.165, 1.54) is 0 Å². The van der Waals surface area contributed by atoms with E-state index in [2.05, 4.69) is 27.6 Å². The number of nitrogens with one attached hydrogen (secondary N) is 1. The second kappa shape index (κ2) is 11.3. The van der Waals surface area contributed by atoms with Gasteiger partial charge in [-0.15, -0.1) is 10.2 Å². The molecule has 0 atom stereocenters. The first kappa shape index (κ1) is 23.9. The highest BCUT2D eigenvalue weighted by atomic mass is 35.5. The number of hydrogen-bond acceptors (Lipinski definition) is 5. The van der Waals surface area contributed by atoms with Crippen molar-refractivity contribution in [3.63, 3.8) is 0 Å². The number of benzene rings is 3. The number of nitrogens with zero attached hydrogens (tertiary/aromatic N) is 3. The van der Waals surface area contributed by atoms with Crippen molar-refractivity contribution >= 4 is 29.3 Å². The molecule has 0 bridgehead atoms. The zero-order valence-electron chi connectivity index (χ0n) is 19.3. The van der Waals surface area contributed by atoms with Crippen LogP contribution in [0.25, 0.3) is 5.69 Å². The molecule has 0 unspecified atom stereocenters. The molecule has 1 N–H and O–H groups in total. The molecule has 0 spiro atoms. The molecule has 5 aromatic rings. The number of carbonyl (C=O) groups excluding carboxylic acids is 1. The summed E-state index contributed by atoms with van der Waals surface area (Å²) in [6.45, 7) is 0.345. The molecule has 0 aliphatic rings. The SMILES string of the molecule is O=C(NCc1ccco1)c1cccc(CSc2nnc(Cc3ccccc3)n2-c2cccc(Cl)c2)c1. The Kier molecular flexibility index (Phi) is 7.50. The lowest BCUT2D eigenvalue weighted by Crippen LogP contribution is -2.22. The van der Waals surface area contributed by atoms with Crippen LogP contribution in [0.3, 0.4) is 0 Å². The van der Waals surface area contributed by atoms with Crippen LogP contribution >= 0.6 is 23.4 Å². The van der Waals surface area contributed by atoms with Crippen LogP contribution in [0.4, 0.5) is 0 Å². The van der Waals surface area contributed by atoms with Crippen LogP contribution in [-0.2, 0) is 18.7 Å². The van der Waals surface area contributed by atoms with Gasteiger partial charge in [0, 0.05) is 22.8 Å². The molecule has 2 aromatic heterocycles. The average Bonchev–Trinajstić information content (AvgIpc) is 3.57. The van der Waals surface area contributed by atoms with Gasteiger partial charge in [-0.2, -0.15) is 0 Å². The fourth-order valence-corrected chi connectivity index (χ4v) is 4.89. The summed E-state index contributed by atoms with van der Waals surface area (Å²) >= 11 is 7.86. The standard InChI is InChI=1S/C28H23ClN4O2S/c29-23-11-5-12-24(17-23)33-26(16-20-7-2-1-3-8-20)31-32-28(33)36-19-21-9-4-10-22(15-21)27(34)30-18-25-13-6-14-35-25/h1-15,17H,16,18-19H2,(H,30,34). The molecule has 1 amide bonds. The van der Waals surface area contributed by atoms with Crippen molar-refractivity contribution in [2.24, 2.45) is 0 Å². The number of hydrogen-bond donors (Lipinski definition) is 1. The van der Waals surface area contributed by atoms with Gasteiger partial charge < -0.3 is 9.73 Å². The maximum Gasteiger partial charge on any atom is 0.251 e. The molecule has 6 nitrogen and oxygen atoms in total. The van der Waals surface area contributed by atoms with Crippen LogP contribution in [0.15, 0.2) is 107 Å². The third kappa shape index (κ3) is 5.87. The predicted molar refractivity (Wildman–Crippen MR) is 141 cm³/mol. The van der Waals surface area contributed by atoms with Gasteiger partial charge in [0.25, 0.3) is 5.91 Å². The van der Waals surface area contributed by atoms with E-state index >= 15 is 0 Å². The number of thioether (sulfide) groups is 1. The Morgan fingerprint density at radius 3 is 2.56 bits per heavy atom. The van der Waals surface area contributed by atoms with E-state index in [0.29, 0.717) is 35.1 Å². The van der Waals surface area contributed by atoms with E-state index in [0.717, 1.165) is 27.8 Å². The molecule has 3 aromatic carbocycles. The van der Waals surface area contributed by atoms with E-state index in [9.17, 15) is 4.79 Å². The number of rotatable bonds is 9. The lowest BCUT2D eigenvalue weighted by atomic mass is 10.1. The molecule has 0 aliphatic carbocycles. The first-order valence-corrected chi connectivity index (χ1v) is 12.8. The molecule has 36 heavy (non-hydrogen) atoms. The van der Waals surface area contributed by atoms with Crippen LogP contribution in [-0.4, -0.2) is 20.7 Å². The number of furan rings is 1. The Morgan fingerprint density at radius 1 is 0.917 bits per heavy atom. The molecule has 0 radical (unpaired) electrons. The minimum atomic E-state index is -0.148. The second-order valence-electron chi connectivity index (χ2n) is 8.13. The third-order valence-electron chi connectivity index (χ3n) is 5.53. The third-order valence-corrected chi connectivity index (χ3v) is 6.77. The number of amides is 1. The summed E-state index contributed by atoms with van der Waals surface area (Å²) in [5, 5.41) is 13.3. The van der Waals surface area contributed by atoms with E-state index in [-0.39, 0.29) is 5.91 Å². The van der Waals surface area contributed by atoms with Crippen LogP contribution in [0.1, 0.15) is 33.1 Å². The lowest BCUT2D eigenvalue weighted by molar-refractivity contribution is 0.0948. The van der Waals surface area contributed by atoms with Gasteiger partial charge >= 0.3 is 0 Å². The topological polar surface area (TPSA) is 73.0 Å². The molecular formula is C28H23ClN4O2S. The van der Waals surface area contributed by atoms with Crippen LogP contribution < -0.4 is 5.32 Å². The maximum absolute atomic E-state index is 12.6. The molecule has 0 fully saturated rings. The highest BCUT2D eigenvalue weighted by Gasteiger charge is 2.16. The van der Waals surface area contributed by atoms with E-state index < -0.39 is 0 Å². The predicted octanol–water partition coefficient (Wildman–Crippen LogP) is 6.33. The second-order valence-corrected chi connectivity index (χ2v) is 9.51. The van der Waals surface area contributed by atoms with Gasteiger partial charge in [0.1, 0.15) is 11.6 Å². The van der Waals surface area contributed by atoms with Crippen molar-refractivity contribution in [1.29, 1.82) is 0 Å². The normalized spacial score (nSPS) is 10.9. The fraction of sp³-hybridized carbons (Fsp3) is 0.107. The van der Waals surface area contributed by atoms with Crippen LogP contribution in [0.2, 0.25) is 5.02 Å². The van der Waals surface area contributed by atoms with Gasteiger partial charge in [-0.05, 0) is 53.6 Å². The Bertz CT molecular complexity index is 1450. The minimum absolute atomic E-state index is 0.148. The number of carbonyl (C=O) groups is 1. The van der Waals surface area contributed by atoms with E-state index in [1.807, 2.05) is 71.3 Å². The monoisotopic (exact) mass is 514 g/mol. The number of aromatic nitrogens is 3. The van der Waals surface area contributed by atoms with Gasteiger partial charge in [-0.3, -0.25) is 9.36 Å². The number of halogens is 1. The van der Waals surface area contributed by atoms with Crippen LogP contribution in [0, 0.1) is 0 Å². The van der Waals surface area contributed by atoms with Gasteiger partial charge in [0.2, 0.25) is 0 Å². The zero-order chi connectivity index (χ0) is 24.7. The smallest absolute Gasteiger partial charge is 0.251 e. The maximum atomic E-state index is 12.6. The highest BCUT2D eigenvalue weighted by Crippen LogP contribution is 2.28. The quantitative estimate of drug-likeness (QED) is 0.233. The first-order valence-electron chi connectivity index (χ1n) is 11.4. The average molecular weight is 515 g/mol. The van der Waals surface area contributed by atoms with Crippen LogP contribution in [0.5, 0.6) is 0 Å². The fourth-order valence-electron chi connectivity index (χ4n) is 3.79. The molecule has 2 heterocycles. The van der Waals surface area contributed by atoms with Crippen molar-refractivity contribution in [2.45, 2.75) is 23.9 Å². The van der Waals surface area contributed by atoms with Crippen molar-refractivity contribution < 1.29 is 9.21 Å². The summed E-state index contributed by atoms with van der Waals surface area (Å²) in [7, 11) is 0. The van der Waals surface area contributed by atoms with Gasteiger partial charge in [0.05, 0.1) is 18.5 Å². The Labute approximate surface area is 218 Å². The summed E-state index contributed by atoms with van der Waals surface area (Å²) in [6.07, 6.45) is 2.24. The summed E-state index contributed by atoms with van der Waals surface area (Å²) < 4.78 is 7.33. The highest BCUT2D eigenvalue weighted by molar-refractivity contribution is 7.98. The molecule has 180 valence electrons. The van der Waals surface area contributed by atoms with Crippen molar-refractivity contribution in [2.75, 3.05) is 0 Å². The summed E-state index contributed by atoms with van der Waals surface area (Å²) in [5.41, 5.74) is 3.67. The molecule has 0 saturated carbocycles. The van der Waals surface area contributed by atoms with Crippen molar-refractivity contribution in [3.8, 4) is 5.69 Å². The Hall–Kier alpha value is -3.81. The summed E-state index contributed by atoms with van der Waals surface area (Å²) in [4.78, 5) is 12.6. The van der Waals surface area contributed by atoms with Crippen molar-refractivity contribution in [1.82, 2.24) is 20.1 Å². The van der Waals surface area contributed by atoms with Crippen molar-refractivity contribution in [3.05, 3.63) is 131 Å². The zero-order valence-corrected chi connectivity index (χ0v) is 20.9. The Morgan fingerprint density at radius 2 is 1.75 bits per heavy atom. The van der Waals surface area contributed by atoms with Gasteiger partial charge in [-0.1, -0.05) is 71.9 Å². The molecular weight excluding hydrogens is 492 g/mol. The molecule has 0 aliphatic heterocycles. The van der Waals surface area contributed by atoms with Gasteiger partial charge in [-0.25, -0.2) is 0 Å². The first-order chi connectivity index (χ1) is 17.7. The summed E-state index contributed by atoms with van der Waals surface area (Å²) in [5.74, 6) is 2.02. The molecule has 0 saturated heterocycles. The van der Waals surface area contributed by atoms with E-state index in [1.54, 1.807) is 30.2 Å². The summed E-state index contributed by atoms with van der Waals surface area (Å²) in [6, 6.07) is 29.1. The largest absolute Gasteiger partial charge is 0.467 e. The van der Waals surface area contributed by atoms with E-state index in [4.69, 9.17) is 16.0 Å². The molecule has 5 rings (SSSR count). The lowest BCUT2D eigenvalue weighted by Gasteiger charge is -2.11. The van der Waals surface area contributed by atoms with Gasteiger partial charge in [0.15, 0.2) is 5.16 Å². The molecule has 8 heteroatoms.